The van der Waals surface area contributed by atoms with E-state index >= 15 is 0 Å². The second kappa shape index (κ2) is 5.76. The highest BCUT2D eigenvalue weighted by Crippen LogP contribution is 2.28. The van der Waals surface area contributed by atoms with Gasteiger partial charge in [-0.25, -0.2) is 0 Å². The number of esters is 1. The van der Waals surface area contributed by atoms with Gasteiger partial charge in [0.25, 0.3) is 0 Å². The zero-order valence-corrected chi connectivity index (χ0v) is 9.27. The van der Waals surface area contributed by atoms with Crippen LogP contribution in [0.25, 0.3) is 0 Å². The minimum atomic E-state index is -0.538. The molecule has 0 aliphatic rings. The molecule has 0 amide bonds. The van der Waals surface area contributed by atoms with Gasteiger partial charge in [-0.3, -0.25) is 4.79 Å². The Morgan fingerprint density at radius 1 is 1.44 bits per heavy atom. The van der Waals surface area contributed by atoms with Crippen LogP contribution < -0.4 is 4.74 Å². The molecule has 84 valence electrons. The highest BCUT2D eigenvalue weighted by molar-refractivity contribution is 5.71. The summed E-state index contributed by atoms with van der Waals surface area (Å²) in [5, 5.41) is 9.03. The smallest absolute Gasteiger partial charge is 0.307 e. The summed E-state index contributed by atoms with van der Waals surface area (Å²) in [6.45, 7) is 0. The maximum Gasteiger partial charge on any atom is 0.307 e. The Kier molecular flexibility index (Phi) is 4.34. The summed E-state index contributed by atoms with van der Waals surface area (Å²) in [6.07, 6.45) is 0.0351. The molecule has 0 aliphatic carbocycles. The van der Waals surface area contributed by atoms with E-state index in [1.807, 2.05) is 6.07 Å². The van der Waals surface area contributed by atoms with Crippen molar-refractivity contribution in [1.29, 1.82) is 5.26 Å². The van der Waals surface area contributed by atoms with Crippen LogP contribution in [-0.4, -0.2) is 20.2 Å². The monoisotopic (exact) mass is 219 g/mol. The minimum absolute atomic E-state index is 0.0351. The Bertz CT molecular complexity index is 409. The van der Waals surface area contributed by atoms with E-state index in [0.29, 0.717) is 11.3 Å². The zero-order valence-electron chi connectivity index (χ0n) is 9.27. The fourth-order valence-electron chi connectivity index (χ4n) is 1.43. The fraction of sp³-hybridized carbons (Fsp3) is 0.333. The summed E-state index contributed by atoms with van der Waals surface area (Å²) in [5.74, 6) is -0.334. The van der Waals surface area contributed by atoms with Crippen LogP contribution in [0.1, 0.15) is 17.9 Å². The van der Waals surface area contributed by atoms with Crippen molar-refractivity contribution in [2.45, 2.75) is 12.3 Å². The lowest BCUT2D eigenvalue weighted by molar-refractivity contribution is -0.140. The Morgan fingerprint density at radius 3 is 2.69 bits per heavy atom. The van der Waals surface area contributed by atoms with Crippen LogP contribution >= 0.6 is 0 Å². The maximum absolute atomic E-state index is 11.1. The highest BCUT2D eigenvalue weighted by Gasteiger charge is 2.19. The summed E-state index contributed by atoms with van der Waals surface area (Å²) >= 11 is 0. The largest absolute Gasteiger partial charge is 0.496 e. The molecule has 1 unspecified atom stereocenters. The lowest BCUT2D eigenvalue weighted by atomic mass is 9.96. The number of carbonyl (C=O) groups excluding carboxylic acids is 1. The van der Waals surface area contributed by atoms with Crippen LogP contribution in [0.5, 0.6) is 5.75 Å². The number of rotatable bonds is 4. The molecule has 4 nitrogen and oxygen atoms in total. The van der Waals surface area contributed by atoms with Crippen molar-refractivity contribution in [3.8, 4) is 11.8 Å². The first-order chi connectivity index (χ1) is 7.72. The van der Waals surface area contributed by atoms with Gasteiger partial charge in [-0.1, -0.05) is 18.2 Å². The van der Waals surface area contributed by atoms with E-state index in [1.165, 1.54) is 14.2 Å². The van der Waals surface area contributed by atoms with Crippen LogP contribution in [0.3, 0.4) is 0 Å². The quantitative estimate of drug-likeness (QED) is 0.725. The molecule has 0 aromatic heterocycles. The van der Waals surface area contributed by atoms with Gasteiger partial charge in [0.15, 0.2) is 0 Å². The Labute approximate surface area is 94.4 Å². The number of para-hydroxylation sites is 1. The first-order valence-electron chi connectivity index (χ1n) is 4.82. The number of hydrogen-bond donors (Lipinski definition) is 0. The first-order valence-corrected chi connectivity index (χ1v) is 4.82. The molecule has 16 heavy (non-hydrogen) atoms. The van der Waals surface area contributed by atoms with E-state index in [4.69, 9.17) is 10.00 Å². The topological polar surface area (TPSA) is 59.3 Å². The van der Waals surface area contributed by atoms with E-state index in [0.717, 1.165) is 0 Å². The summed E-state index contributed by atoms with van der Waals surface area (Å²) in [6, 6.07) is 9.23. The highest BCUT2D eigenvalue weighted by atomic mass is 16.5. The molecular weight excluding hydrogens is 206 g/mol. The minimum Gasteiger partial charge on any atom is -0.496 e. The summed E-state index contributed by atoms with van der Waals surface area (Å²) < 4.78 is 9.69. The Morgan fingerprint density at radius 2 is 2.12 bits per heavy atom. The van der Waals surface area contributed by atoms with Gasteiger partial charge >= 0.3 is 5.97 Å². The second-order valence-electron chi connectivity index (χ2n) is 3.20. The van der Waals surface area contributed by atoms with Gasteiger partial charge in [0.1, 0.15) is 5.75 Å². The number of carbonyl (C=O) groups is 1. The van der Waals surface area contributed by atoms with Crippen LogP contribution in [0, 0.1) is 11.3 Å². The molecule has 0 aliphatic heterocycles. The average molecular weight is 219 g/mol. The molecule has 1 aromatic rings. The molecule has 0 heterocycles. The van der Waals surface area contributed by atoms with Gasteiger partial charge in [0, 0.05) is 5.56 Å². The van der Waals surface area contributed by atoms with Crippen molar-refractivity contribution in [2.75, 3.05) is 14.2 Å². The van der Waals surface area contributed by atoms with Crippen LogP contribution in [0.15, 0.2) is 24.3 Å². The van der Waals surface area contributed by atoms with Crippen molar-refractivity contribution >= 4 is 5.97 Å². The Balaban J connectivity index is 2.95. The number of ether oxygens (including phenoxy) is 2. The van der Waals surface area contributed by atoms with Gasteiger partial charge in [-0.05, 0) is 6.07 Å². The second-order valence-corrected chi connectivity index (χ2v) is 3.20. The summed E-state index contributed by atoms with van der Waals surface area (Å²) in [7, 11) is 2.84. The lowest BCUT2D eigenvalue weighted by Crippen LogP contribution is -2.08. The van der Waals surface area contributed by atoms with Crippen LogP contribution in [0.4, 0.5) is 0 Å². The van der Waals surface area contributed by atoms with E-state index in [2.05, 4.69) is 10.8 Å². The van der Waals surface area contributed by atoms with Crippen molar-refractivity contribution in [3.63, 3.8) is 0 Å². The summed E-state index contributed by atoms with van der Waals surface area (Å²) in [4.78, 5) is 11.1. The van der Waals surface area contributed by atoms with Crippen molar-refractivity contribution in [3.05, 3.63) is 29.8 Å². The van der Waals surface area contributed by atoms with E-state index in [9.17, 15) is 4.79 Å². The predicted molar refractivity (Wildman–Crippen MR) is 58.0 cm³/mol. The third kappa shape index (κ3) is 2.74. The van der Waals surface area contributed by atoms with E-state index in [-0.39, 0.29) is 6.42 Å². The molecule has 0 N–H and O–H groups in total. The SMILES string of the molecule is COC(=O)CC(C#N)c1ccccc1OC. The molecule has 1 rings (SSSR count). The average Bonchev–Trinajstić information content (AvgIpc) is 2.35. The van der Waals surface area contributed by atoms with Crippen molar-refractivity contribution in [1.82, 2.24) is 0 Å². The predicted octanol–water partition coefficient (Wildman–Crippen LogP) is 1.87. The molecule has 1 aromatic carbocycles. The molecule has 0 fully saturated rings. The van der Waals surface area contributed by atoms with Crippen LogP contribution in [0.2, 0.25) is 0 Å². The number of methoxy groups -OCH3 is 2. The van der Waals surface area contributed by atoms with Gasteiger partial charge in [-0.2, -0.15) is 5.26 Å². The number of nitrogens with zero attached hydrogens (tertiary/aromatic N) is 1. The number of hydrogen-bond acceptors (Lipinski definition) is 4. The third-order valence-corrected chi connectivity index (χ3v) is 2.27. The molecule has 0 bridgehead atoms. The molecular formula is C12H13NO3. The molecule has 1 atom stereocenters. The van der Waals surface area contributed by atoms with Crippen molar-refractivity contribution < 1.29 is 14.3 Å². The fourth-order valence-corrected chi connectivity index (χ4v) is 1.43. The number of benzene rings is 1. The third-order valence-electron chi connectivity index (χ3n) is 2.27. The van der Waals surface area contributed by atoms with Gasteiger partial charge < -0.3 is 9.47 Å². The van der Waals surface area contributed by atoms with Crippen molar-refractivity contribution in [2.24, 2.45) is 0 Å². The lowest BCUT2D eigenvalue weighted by Gasteiger charge is -2.12. The molecule has 0 radical (unpaired) electrons. The molecule has 0 saturated heterocycles. The number of nitriles is 1. The molecule has 0 spiro atoms. The molecule has 4 heteroatoms. The zero-order chi connectivity index (χ0) is 12.0. The van der Waals surface area contributed by atoms with Gasteiger partial charge in [0.2, 0.25) is 0 Å². The summed E-state index contributed by atoms with van der Waals surface area (Å²) in [5.41, 5.74) is 0.706. The van der Waals surface area contributed by atoms with E-state index in [1.54, 1.807) is 18.2 Å². The normalized spacial score (nSPS) is 11.3. The first kappa shape index (κ1) is 12.1. The van der Waals surface area contributed by atoms with Gasteiger partial charge in [-0.15, -0.1) is 0 Å². The Hall–Kier alpha value is -2.02. The standard InChI is InChI=1S/C12H13NO3/c1-15-11-6-4-3-5-10(11)9(8-13)7-12(14)16-2/h3-6,9H,7H2,1-2H3. The maximum atomic E-state index is 11.1. The van der Waals surface area contributed by atoms with E-state index < -0.39 is 11.9 Å². The van der Waals surface area contributed by atoms with Crippen LogP contribution in [-0.2, 0) is 9.53 Å². The molecule has 0 saturated carbocycles. The van der Waals surface area contributed by atoms with Gasteiger partial charge in [0.05, 0.1) is 32.6 Å².